The molecule has 1 aromatic carbocycles. The number of carbonyl (C=O) groups excluding carboxylic acids is 1. The molecule has 118 valence electrons. The fourth-order valence-electron chi connectivity index (χ4n) is 2.51. The van der Waals surface area contributed by atoms with Crippen LogP contribution in [0, 0.1) is 5.41 Å². The van der Waals surface area contributed by atoms with E-state index >= 15 is 0 Å². The van der Waals surface area contributed by atoms with Crippen molar-refractivity contribution in [2.75, 3.05) is 20.7 Å². The Kier molecular flexibility index (Phi) is 6.03. The van der Waals surface area contributed by atoms with Crippen LogP contribution in [-0.2, 0) is 11.3 Å². The van der Waals surface area contributed by atoms with Gasteiger partial charge in [0.2, 0.25) is 5.91 Å². The zero-order valence-corrected chi connectivity index (χ0v) is 13.3. The zero-order valence-electron chi connectivity index (χ0n) is 13.3. The molecule has 3 N–H and O–H groups in total. The van der Waals surface area contributed by atoms with Gasteiger partial charge in [-0.05, 0) is 30.5 Å². The van der Waals surface area contributed by atoms with Crippen molar-refractivity contribution in [1.29, 1.82) is 0 Å². The molecular formula is C16H26N2O3. The van der Waals surface area contributed by atoms with Crippen LogP contribution in [-0.4, -0.2) is 36.6 Å². The smallest absolute Gasteiger partial charge is 0.230 e. The molecule has 0 saturated carbocycles. The monoisotopic (exact) mass is 294 g/mol. The molecule has 0 bridgehead atoms. The maximum atomic E-state index is 12.6. The van der Waals surface area contributed by atoms with Crippen molar-refractivity contribution in [1.82, 2.24) is 4.90 Å². The van der Waals surface area contributed by atoms with E-state index in [0.717, 1.165) is 18.4 Å². The third-order valence-electron chi connectivity index (χ3n) is 4.21. The van der Waals surface area contributed by atoms with Crippen LogP contribution in [0.2, 0.25) is 0 Å². The Hall–Kier alpha value is -1.75. The lowest BCUT2D eigenvalue weighted by atomic mass is 9.81. The number of phenols is 1. The Morgan fingerprint density at radius 1 is 1.38 bits per heavy atom. The Bertz CT molecular complexity index is 476. The van der Waals surface area contributed by atoms with Crippen LogP contribution < -0.4 is 10.5 Å². The maximum Gasteiger partial charge on any atom is 0.230 e. The van der Waals surface area contributed by atoms with Gasteiger partial charge in [-0.15, -0.1) is 0 Å². The number of hydrogen-bond acceptors (Lipinski definition) is 4. The highest BCUT2D eigenvalue weighted by atomic mass is 16.5. The van der Waals surface area contributed by atoms with E-state index in [-0.39, 0.29) is 11.7 Å². The molecule has 5 heteroatoms. The Balaban J connectivity index is 2.87. The fourth-order valence-corrected chi connectivity index (χ4v) is 2.51. The Morgan fingerprint density at radius 2 is 2.00 bits per heavy atom. The van der Waals surface area contributed by atoms with Crippen LogP contribution in [0.5, 0.6) is 11.5 Å². The number of amides is 1. The molecule has 0 radical (unpaired) electrons. The van der Waals surface area contributed by atoms with Gasteiger partial charge in [0.25, 0.3) is 0 Å². The highest BCUT2D eigenvalue weighted by Crippen LogP contribution is 2.29. The molecular weight excluding hydrogens is 268 g/mol. The van der Waals surface area contributed by atoms with Gasteiger partial charge in [0.1, 0.15) is 0 Å². The highest BCUT2D eigenvalue weighted by molar-refractivity contribution is 5.82. The minimum absolute atomic E-state index is 0.0466. The van der Waals surface area contributed by atoms with Crippen molar-refractivity contribution in [2.24, 2.45) is 11.1 Å². The van der Waals surface area contributed by atoms with Crippen LogP contribution in [0.4, 0.5) is 0 Å². The Labute approximate surface area is 126 Å². The van der Waals surface area contributed by atoms with Crippen molar-refractivity contribution in [2.45, 2.75) is 33.2 Å². The van der Waals surface area contributed by atoms with Crippen molar-refractivity contribution in [3.05, 3.63) is 23.8 Å². The predicted molar refractivity (Wildman–Crippen MR) is 83.2 cm³/mol. The number of methoxy groups -OCH3 is 1. The van der Waals surface area contributed by atoms with E-state index in [9.17, 15) is 9.90 Å². The summed E-state index contributed by atoms with van der Waals surface area (Å²) < 4.78 is 5.01. The first-order chi connectivity index (χ1) is 9.93. The molecule has 0 unspecified atom stereocenters. The molecule has 0 aliphatic heterocycles. The number of aromatic hydroxyl groups is 1. The molecule has 1 amide bonds. The molecule has 0 aliphatic rings. The number of hydrogen-bond donors (Lipinski definition) is 2. The van der Waals surface area contributed by atoms with Crippen LogP contribution in [0.3, 0.4) is 0 Å². The molecule has 1 rings (SSSR count). The van der Waals surface area contributed by atoms with Gasteiger partial charge in [-0.25, -0.2) is 0 Å². The maximum absolute atomic E-state index is 12.6. The van der Waals surface area contributed by atoms with Crippen LogP contribution in [0.25, 0.3) is 0 Å². The van der Waals surface area contributed by atoms with Gasteiger partial charge < -0.3 is 20.5 Å². The van der Waals surface area contributed by atoms with E-state index in [0.29, 0.717) is 18.8 Å². The van der Waals surface area contributed by atoms with E-state index in [1.807, 2.05) is 19.9 Å². The molecule has 0 heterocycles. The summed E-state index contributed by atoms with van der Waals surface area (Å²) in [6.07, 6.45) is 1.44. The zero-order chi connectivity index (χ0) is 16.0. The lowest BCUT2D eigenvalue weighted by molar-refractivity contribution is -0.141. The standard InChI is InChI=1S/C16H26N2O3/c1-5-16(6-2,11-17)15(20)18(3)10-12-7-8-14(21-4)13(19)9-12/h7-9,19H,5-6,10-11,17H2,1-4H3. The van der Waals surface area contributed by atoms with E-state index in [4.69, 9.17) is 10.5 Å². The van der Waals surface area contributed by atoms with E-state index < -0.39 is 5.41 Å². The van der Waals surface area contributed by atoms with Gasteiger partial charge in [-0.2, -0.15) is 0 Å². The molecule has 0 atom stereocenters. The number of carbonyl (C=O) groups is 1. The van der Waals surface area contributed by atoms with Gasteiger partial charge in [-0.1, -0.05) is 19.9 Å². The quantitative estimate of drug-likeness (QED) is 0.807. The Morgan fingerprint density at radius 3 is 2.43 bits per heavy atom. The number of benzene rings is 1. The molecule has 5 nitrogen and oxygen atoms in total. The molecule has 0 aliphatic carbocycles. The number of phenolic OH excluding ortho intramolecular Hbond substituents is 1. The first-order valence-electron chi connectivity index (χ1n) is 7.25. The molecule has 0 aromatic heterocycles. The summed E-state index contributed by atoms with van der Waals surface area (Å²) in [6, 6.07) is 5.15. The minimum atomic E-state index is -0.497. The summed E-state index contributed by atoms with van der Waals surface area (Å²) >= 11 is 0. The molecule has 0 saturated heterocycles. The minimum Gasteiger partial charge on any atom is -0.504 e. The topological polar surface area (TPSA) is 75.8 Å². The summed E-state index contributed by atoms with van der Waals surface area (Å²) in [4.78, 5) is 14.3. The van der Waals surface area contributed by atoms with Gasteiger partial charge in [0.05, 0.1) is 12.5 Å². The average Bonchev–Trinajstić information content (AvgIpc) is 2.49. The van der Waals surface area contributed by atoms with Crippen molar-refractivity contribution in [3.63, 3.8) is 0 Å². The molecule has 0 spiro atoms. The van der Waals surface area contributed by atoms with Crippen molar-refractivity contribution >= 4 is 5.91 Å². The van der Waals surface area contributed by atoms with Crippen molar-refractivity contribution in [3.8, 4) is 11.5 Å². The normalized spacial score (nSPS) is 11.3. The predicted octanol–water partition coefficient (Wildman–Crippen LogP) is 2.12. The van der Waals surface area contributed by atoms with Crippen LogP contribution in [0.15, 0.2) is 18.2 Å². The van der Waals surface area contributed by atoms with Crippen molar-refractivity contribution < 1.29 is 14.6 Å². The summed E-state index contributed by atoms with van der Waals surface area (Å²) in [6.45, 7) is 4.75. The number of rotatable bonds is 7. The SMILES string of the molecule is CCC(CC)(CN)C(=O)N(C)Cc1ccc(OC)c(O)c1. The van der Waals surface area contributed by atoms with Gasteiger partial charge in [-0.3, -0.25) is 4.79 Å². The molecule has 1 aromatic rings. The third kappa shape index (κ3) is 3.67. The average molecular weight is 294 g/mol. The van der Waals surface area contributed by atoms with Gasteiger partial charge in [0, 0.05) is 20.1 Å². The van der Waals surface area contributed by atoms with Crippen LogP contribution >= 0.6 is 0 Å². The summed E-state index contributed by atoms with van der Waals surface area (Å²) in [7, 11) is 3.27. The molecule has 0 fully saturated rings. The van der Waals surface area contributed by atoms with E-state index in [1.54, 1.807) is 24.1 Å². The first-order valence-corrected chi connectivity index (χ1v) is 7.25. The number of nitrogens with two attached hydrogens (primary N) is 1. The molecule has 21 heavy (non-hydrogen) atoms. The summed E-state index contributed by atoms with van der Waals surface area (Å²) in [5.74, 6) is 0.545. The van der Waals surface area contributed by atoms with Gasteiger partial charge >= 0.3 is 0 Å². The summed E-state index contributed by atoms with van der Waals surface area (Å²) in [5, 5.41) is 9.79. The second-order valence-corrected chi connectivity index (χ2v) is 5.36. The van der Waals surface area contributed by atoms with Crippen LogP contribution in [0.1, 0.15) is 32.3 Å². The second kappa shape index (κ2) is 7.31. The first kappa shape index (κ1) is 17.3. The highest BCUT2D eigenvalue weighted by Gasteiger charge is 2.35. The fraction of sp³-hybridized carbons (Fsp3) is 0.562. The largest absolute Gasteiger partial charge is 0.504 e. The van der Waals surface area contributed by atoms with Gasteiger partial charge in [0.15, 0.2) is 11.5 Å². The van der Waals surface area contributed by atoms with E-state index in [2.05, 4.69) is 0 Å². The number of ether oxygens (including phenoxy) is 1. The number of nitrogens with zero attached hydrogens (tertiary/aromatic N) is 1. The van der Waals surface area contributed by atoms with E-state index in [1.165, 1.54) is 7.11 Å². The lowest BCUT2D eigenvalue weighted by Crippen LogP contribution is -2.45. The third-order valence-corrected chi connectivity index (χ3v) is 4.21. The summed E-state index contributed by atoms with van der Waals surface area (Å²) in [5.41, 5.74) is 6.17. The second-order valence-electron chi connectivity index (χ2n) is 5.36. The lowest BCUT2D eigenvalue weighted by Gasteiger charge is -2.33.